The Morgan fingerprint density at radius 2 is 1.74 bits per heavy atom. The third-order valence-corrected chi connectivity index (χ3v) is 5.84. The molecule has 2 aliphatic rings. The van der Waals surface area contributed by atoms with Crippen molar-refractivity contribution in [2.45, 2.75) is 77.0 Å². The van der Waals surface area contributed by atoms with Crippen LogP contribution in [0.5, 0.6) is 5.75 Å². The lowest BCUT2D eigenvalue weighted by Gasteiger charge is -2.23. The zero-order valence-electron chi connectivity index (χ0n) is 18.8. The van der Waals surface area contributed by atoms with E-state index in [-0.39, 0.29) is 37.1 Å². The smallest absolute Gasteiger partial charge is 0.407 e. The molecule has 1 amide bonds. The van der Waals surface area contributed by atoms with Crippen molar-refractivity contribution in [1.82, 2.24) is 5.32 Å². The lowest BCUT2D eigenvalue weighted by molar-refractivity contribution is 0.0482. The highest BCUT2D eigenvalue weighted by molar-refractivity contribution is 6.30. The molecule has 2 saturated carbocycles. The van der Waals surface area contributed by atoms with Gasteiger partial charge in [-0.1, -0.05) is 24.4 Å². The molecule has 0 saturated heterocycles. The Kier molecular flexibility index (Phi) is 12.0. The Bertz CT molecular complexity index is 652. The van der Waals surface area contributed by atoms with Gasteiger partial charge in [-0.05, 0) is 70.7 Å². The average molecular weight is 477 g/mol. The Hall–Kier alpha value is -1.21. The predicted octanol–water partition coefficient (Wildman–Crippen LogP) is 4.94. The second-order valence-corrected chi connectivity index (χ2v) is 9.68. The number of carbonyl (C=O) groups excluding carboxylic acids is 1. The summed E-state index contributed by atoms with van der Waals surface area (Å²) < 4.78 is 10.8. The van der Waals surface area contributed by atoms with Crippen molar-refractivity contribution in [3.63, 3.8) is 0 Å². The van der Waals surface area contributed by atoms with E-state index in [2.05, 4.69) is 5.32 Å². The number of ether oxygens (including phenoxy) is 2. The fourth-order valence-electron chi connectivity index (χ4n) is 3.91. The Balaban J connectivity index is 0.000000300. The van der Waals surface area contributed by atoms with Gasteiger partial charge in [-0.3, -0.25) is 0 Å². The van der Waals surface area contributed by atoms with Crippen LogP contribution in [0, 0.1) is 11.8 Å². The number of aliphatic hydroxyl groups excluding tert-OH is 1. The maximum Gasteiger partial charge on any atom is 0.407 e. The van der Waals surface area contributed by atoms with E-state index < -0.39 is 5.60 Å². The van der Waals surface area contributed by atoms with Crippen molar-refractivity contribution < 1.29 is 19.4 Å². The van der Waals surface area contributed by atoms with Crippen molar-refractivity contribution in [2.75, 3.05) is 13.2 Å². The number of amides is 1. The minimum Gasteiger partial charge on any atom is -0.493 e. The molecule has 8 heteroatoms. The number of rotatable bonds is 5. The largest absolute Gasteiger partial charge is 0.493 e. The number of benzene rings is 1. The van der Waals surface area contributed by atoms with Crippen LogP contribution in [0.4, 0.5) is 4.79 Å². The lowest BCUT2D eigenvalue weighted by atomic mass is 10.1. The normalized spacial score (nSPS) is 25.1. The molecule has 3 rings (SSSR count). The van der Waals surface area contributed by atoms with Gasteiger partial charge in [-0.25, -0.2) is 4.79 Å². The maximum absolute atomic E-state index is 11.5. The molecule has 178 valence electrons. The number of nitrogens with two attached hydrogens (primary N) is 1. The summed E-state index contributed by atoms with van der Waals surface area (Å²) in [5.41, 5.74) is 5.51. The summed E-state index contributed by atoms with van der Waals surface area (Å²) in [5.74, 6) is 1.58. The molecule has 0 aliphatic heterocycles. The van der Waals surface area contributed by atoms with Crippen LogP contribution >= 0.6 is 24.0 Å². The van der Waals surface area contributed by atoms with Crippen LogP contribution in [0.2, 0.25) is 5.02 Å². The third-order valence-electron chi connectivity index (χ3n) is 5.59. The van der Waals surface area contributed by atoms with Gasteiger partial charge in [-0.2, -0.15) is 0 Å². The van der Waals surface area contributed by atoms with E-state index >= 15 is 0 Å². The summed E-state index contributed by atoms with van der Waals surface area (Å²) in [6.07, 6.45) is 6.15. The van der Waals surface area contributed by atoms with Gasteiger partial charge in [0.1, 0.15) is 11.4 Å². The summed E-state index contributed by atoms with van der Waals surface area (Å²) in [7, 11) is 0. The van der Waals surface area contributed by atoms with Gasteiger partial charge in [0, 0.05) is 35.5 Å². The van der Waals surface area contributed by atoms with Crippen molar-refractivity contribution in [2.24, 2.45) is 17.6 Å². The van der Waals surface area contributed by atoms with Gasteiger partial charge in [-0.15, -0.1) is 12.4 Å². The zero-order valence-corrected chi connectivity index (χ0v) is 20.4. The van der Waals surface area contributed by atoms with Crippen LogP contribution < -0.4 is 15.8 Å². The fourth-order valence-corrected chi connectivity index (χ4v) is 4.04. The molecule has 1 aromatic carbocycles. The highest BCUT2D eigenvalue weighted by atomic mass is 35.5. The van der Waals surface area contributed by atoms with E-state index in [4.69, 9.17) is 31.9 Å². The first-order valence-corrected chi connectivity index (χ1v) is 11.3. The number of alkyl carbamates (subject to hydrolysis) is 1. The summed E-state index contributed by atoms with van der Waals surface area (Å²) in [6.45, 7) is 6.38. The second kappa shape index (κ2) is 13.4. The van der Waals surface area contributed by atoms with Crippen molar-refractivity contribution in [3.8, 4) is 5.75 Å². The van der Waals surface area contributed by atoms with E-state index in [0.29, 0.717) is 12.0 Å². The van der Waals surface area contributed by atoms with Gasteiger partial charge < -0.3 is 25.6 Å². The minimum absolute atomic E-state index is 0. The van der Waals surface area contributed by atoms with Crippen LogP contribution in [0.25, 0.3) is 0 Å². The van der Waals surface area contributed by atoms with E-state index in [1.807, 2.05) is 45.0 Å². The molecular weight excluding hydrogens is 439 g/mol. The molecule has 2 fully saturated rings. The first kappa shape index (κ1) is 27.8. The van der Waals surface area contributed by atoms with Crippen molar-refractivity contribution in [1.29, 1.82) is 0 Å². The molecule has 0 radical (unpaired) electrons. The van der Waals surface area contributed by atoms with E-state index in [1.54, 1.807) is 0 Å². The van der Waals surface area contributed by atoms with Crippen LogP contribution in [0.3, 0.4) is 0 Å². The first-order chi connectivity index (χ1) is 14.2. The molecule has 2 aliphatic carbocycles. The van der Waals surface area contributed by atoms with Crippen molar-refractivity contribution in [3.05, 3.63) is 29.3 Å². The SMILES string of the molecule is CC(C)(C)OC(=O)N[C@H]1CCC[C@@H]1CO.Cl.N[C@H]1CCC[C@@H]1COc1ccc(Cl)cc1. The van der Waals surface area contributed by atoms with E-state index in [9.17, 15) is 4.79 Å². The van der Waals surface area contributed by atoms with Gasteiger partial charge in [0.25, 0.3) is 0 Å². The zero-order chi connectivity index (χ0) is 22.1. The molecule has 31 heavy (non-hydrogen) atoms. The van der Waals surface area contributed by atoms with Crippen LogP contribution in [0.1, 0.15) is 59.3 Å². The van der Waals surface area contributed by atoms with Crippen LogP contribution in [-0.4, -0.2) is 42.1 Å². The van der Waals surface area contributed by atoms with Crippen molar-refractivity contribution >= 4 is 30.1 Å². The number of halogens is 2. The second-order valence-electron chi connectivity index (χ2n) is 9.25. The fraction of sp³-hybridized carbons (Fsp3) is 0.696. The van der Waals surface area contributed by atoms with Crippen LogP contribution in [-0.2, 0) is 4.74 Å². The molecule has 0 heterocycles. The van der Waals surface area contributed by atoms with Gasteiger partial charge >= 0.3 is 6.09 Å². The molecule has 0 unspecified atom stereocenters. The predicted molar refractivity (Wildman–Crippen MR) is 127 cm³/mol. The number of nitrogens with one attached hydrogen (secondary N) is 1. The Morgan fingerprint density at radius 1 is 1.13 bits per heavy atom. The molecule has 4 N–H and O–H groups in total. The summed E-state index contributed by atoms with van der Waals surface area (Å²) in [5, 5.41) is 12.6. The number of hydrogen-bond donors (Lipinski definition) is 3. The maximum atomic E-state index is 11.5. The molecule has 0 bridgehead atoms. The summed E-state index contributed by atoms with van der Waals surface area (Å²) in [6, 6.07) is 7.85. The third kappa shape index (κ3) is 10.3. The number of carbonyl (C=O) groups is 1. The molecule has 6 nitrogen and oxygen atoms in total. The molecule has 0 spiro atoms. The summed E-state index contributed by atoms with van der Waals surface area (Å²) in [4.78, 5) is 11.5. The van der Waals surface area contributed by atoms with Gasteiger partial charge in [0.05, 0.1) is 6.61 Å². The highest BCUT2D eigenvalue weighted by Crippen LogP contribution is 2.26. The monoisotopic (exact) mass is 476 g/mol. The van der Waals surface area contributed by atoms with Gasteiger partial charge in [0.2, 0.25) is 0 Å². The summed E-state index contributed by atoms with van der Waals surface area (Å²) >= 11 is 5.79. The van der Waals surface area contributed by atoms with E-state index in [1.165, 1.54) is 12.8 Å². The van der Waals surface area contributed by atoms with E-state index in [0.717, 1.165) is 43.1 Å². The highest BCUT2D eigenvalue weighted by Gasteiger charge is 2.29. The van der Waals surface area contributed by atoms with Gasteiger partial charge in [0.15, 0.2) is 0 Å². The minimum atomic E-state index is -0.461. The molecule has 1 aromatic rings. The number of aliphatic hydroxyl groups is 1. The average Bonchev–Trinajstić information content (AvgIpc) is 3.28. The Morgan fingerprint density at radius 3 is 2.29 bits per heavy atom. The topological polar surface area (TPSA) is 93.8 Å². The molecule has 0 aromatic heterocycles. The standard InChI is InChI=1S/C12H16ClNO.C11H21NO3.ClH/c13-10-4-6-11(7-5-10)15-8-9-2-1-3-12(9)14;1-11(2,3)15-10(14)12-9-6-4-5-8(9)7-13;/h4-7,9,12H,1-3,8,14H2;8-9,13H,4-7H2,1-3H3,(H,12,14);1H/t9-,12+;8-,9+;/m11./s1. The lowest BCUT2D eigenvalue weighted by Crippen LogP contribution is -2.41. The molecule has 4 atom stereocenters. The van der Waals surface area contributed by atoms with Crippen LogP contribution in [0.15, 0.2) is 24.3 Å². The molecular formula is C23H38Cl2N2O4. The number of hydrogen-bond acceptors (Lipinski definition) is 5. The first-order valence-electron chi connectivity index (χ1n) is 10.9. The quantitative estimate of drug-likeness (QED) is 0.559. The Labute approximate surface area is 197 Å².